The fraction of sp³-hybridized carbons (Fsp3) is 0.500. The first-order valence-electron chi connectivity index (χ1n) is 6.82. The van der Waals surface area contributed by atoms with Crippen LogP contribution in [0.5, 0.6) is 5.75 Å². The SMILES string of the molecule is CCC(C)([CH]c1ccc(OC)cc1)CCCC(=N)N. The molecule has 0 saturated carbocycles. The van der Waals surface area contributed by atoms with Gasteiger partial charge in [0.1, 0.15) is 5.75 Å². The molecule has 3 heteroatoms. The minimum absolute atomic E-state index is 0.157. The lowest BCUT2D eigenvalue weighted by molar-refractivity contribution is 0.342. The van der Waals surface area contributed by atoms with Gasteiger partial charge in [-0.15, -0.1) is 0 Å². The fourth-order valence-corrected chi connectivity index (χ4v) is 2.14. The number of amidine groups is 1. The van der Waals surface area contributed by atoms with Gasteiger partial charge >= 0.3 is 0 Å². The third-order valence-electron chi connectivity index (χ3n) is 3.63. The van der Waals surface area contributed by atoms with Crippen LogP contribution in [0.25, 0.3) is 0 Å². The van der Waals surface area contributed by atoms with Gasteiger partial charge in [0.15, 0.2) is 0 Å². The molecule has 1 unspecified atom stereocenters. The predicted octanol–water partition coefficient (Wildman–Crippen LogP) is 3.77. The van der Waals surface area contributed by atoms with Crippen molar-refractivity contribution in [2.75, 3.05) is 7.11 Å². The van der Waals surface area contributed by atoms with Crippen LogP contribution in [0.4, 0.5) is 0 Å². The lowest BCUT2D eigenvalue weighted by Crippen LogP contribution is -2.18. The highest BCUT2D eigenvalue weighted by Crippen LogP contribution is 2.34. The molecule has 3 nitrogen and oxygen atoms in total. The molecule has 1 rings (SSSR count). The average Bonchev–Trinajstić information content (AvgIpc) is 2.39. The molecule has 3 N–H and O–H groups in total. The monoisotopic (exact) mass is 261 g/mol. The highest BCUT2D eigenvalue weighted by atomic mass is 16.5. The van der Waals surface area contributed by atoms with Gasteiger partial charge in [-0.25, -0.2) is 0 Å². The zero-order valence-corrected chi connectivity index (χ0v) is 12.2. The molecule has 105 valence electrons. The second kappa shape index (κ2) is 7.17. The summed E-state index contributed by atoms with van der Waals surface area (Å²) in [5, 5.41) is 7.28. The number of hydrogen-bond donors (Lipinski definition) is 2. The Balaban J connectivity index is 2.60. The molecule has 0 bridgehead atoms. The Kier molecular flexibility index (Phi) is 5.87. The molecule has 1 radical (unpaired) electrons. The van der Waals surface area contributed by atoms with E-state index in [2.05, 4.69) is 32.4 Å². The summed E-state index contributed by atoms with van der Waals surface area (Å²) < 4.78 is 5.17. The van der Waals surface area contributed by atoms with Gasteiger partial charge < -0.3 is 10.5 Å². The lowest BCUT2D eigenvalue weighted by atomic mass is 9.77. The van der Waals surface area contributed by atoms with Gasteiger partial charge in [0.05, 0.1) is 12.9 Å². The molecule has 0 aliphatic heterocycles. The third-order valence-corrected chi connectivity index (χ3v) is 3.63. The van der Waals surface area contributed by atoms with E-state index in [0.29, 0.717) is 6.42 Å². The maximum atomic E-state index is 7.28. The van der Waals surface area contributed by atoms with Crippen LogP contribution in [0.15, 0.2) is 24.3 Å². The number of methoxy groups -OCH3 is 1. The van der Waals surface area contributed by atoms with Crippen LogP contribution in [0.2, 0.25) is 0 Å². The Morgan fingerprint density at radius 1 is 1.37 bits per heavy atom. The number of benzene rings is 1. The summed E-state index contributed by atoms with van der Waals surface area (Å²) in [6, 6.07) is 8.13. The lowest BCUT2D eigenvalue weighted by Gasteiger charge is -2.28. The van der Waals surface area contributed by atoms with Crippen LogP contribution in [0.3, 0.4) is 0 Å². The quantitative estimate of drug-likeness (QED) is 0.553. The van der Waals surface area contributed by atoms with Gasteiger partial charge in [-0.3, -0.25) is 5.41 Å². The minimum atomic E-state index is 0.157. The Morgan fingerprint density at radius 2 is 2.00 bits per heavy atom. The maximum Gasteiger partial charge on any atom is 0.118 e. The number of hydrogen-bond acceptors (Lipinski definition) is 2. The Bertz CT molecular complexity index is 400. The van der Waals surface area contributed by atoms with Crippen molar-refractivity contribution in [2.45, 2.75) is 39.5 Å². The average molecular weight is 261 g/mol. The topological polar surface area (TPSA) is 59.1 Å². The molecule has 0 aromatic heterocycles. The number of nitrogens with two attached hydrogens (primary N) is 1. The minimum Gasteiger partial charge on any atom is -0.497 e. The van der Waals surface area contributed by atoms with E-state index >= 15 is 0 Å². The summed E-state index contributed by atoms with van der Waals surface area (Å²) in [5.41, 5.74) is 6.78. The molecule has 0 heterocycles. The van der Waals surface area contributed by atoms with Crippen molar-refractivity contribution >= 4 is 5.84 Å². The van der Waals surface area contributed by atoms with Crippen LogP contribution in [-0.4, -0.2) is 12.9 Å². The third kappa shape index (κ3) is 5.33. The van der Waals surface area contributed by atoms with E-state index < -0.39 is 0 Å². The van der Waals surface area contributed by atoms with E-state index in [9.17, 15) is 0 Å². The van der Waals surface area contributed by atoms with Gasteiger partial charge in [0, 0.05) is 6.42 Å². The van der Waals surface area contributed by atoms with Crippen LogP contribution in [-0.2, 0) is 0 Å². The summed E-state index contributed by atoms with van der Waals surface area (Å²) in [7, 11) is 1.68. The van der Waals surface area contributed by atoms with Crippen molar-refractivity contribution in [1.82, 2.24) is 0 Å². The van der Waals surface area contributed by atoms with E-state index in [1.54, 1.807) is 7.11 Å². The summed E-state index contributed by atoms with van der Waals surface area (Å²) in [4.78, 5) is 0. The smallest absolute Gasteiger partial charge is 0.118 e. The standard InChI is InChI=1S/C16H25N2O/c1-4-16(2,11-5-6-15(17)18)12-13-7-9-14(19-3)10-8-13/h7-10,12H,4-6,11H2,1-3H3,(H3,17,18). The van der Waals surface area contributed by atoms with Crippen molar-refractivity contribution in [2.24, 2.45) is 11.1 Å². The maximum absolute atomic E-state index is 7.28. The summed E-state index contributed by atoms with van der Waals surface area (Å²) in [6.45, 7) is 4.46. The molecule has 0 saturated heterocycles. The molecule has 0 aliphatic carbocycles. The zero-order chi connectivity index (χ0) is 14.3. The molecular formula is C16H25N2O. The predicted molar refractivity (Wildman–Crippen MR) is 80.6 cm³/mol. The molecule has 0 amide bonds. The van der Waals surface area contributed by atoms with Crippen LogP contribution >= 0.6 is 0 Å². The number of ether oxygens (including phenoxy) is 1. The number of rotatable bonds is 8. The second-order valence-corrected chi connectivity index (χ2v) is 5.30. The fourth-order valence-electron chi connectivity index (χ4n) is 2.14. The summed E-state index contributed by atoms with van der Waals surface area (Å²) in [6.07, 6.45) is 6.09. The van der Waals surface area contributed by atoms with Gasteiger partial charge in [-0.1, -0.05) is 32.4 Å². The van der Waals surface area contributed by atoms with Crippen molar-refractivity contribution in [3.63, 3.8) is 0 Å². The van der Waals surface area contributed by atoms with Gasteiger partial charge in [-0.05, 0) is 42.4 Å². The van der Waals surface area contributed by atoms with Gasteiger partial charge in [-0.2, -0.15) is 0 Å². The van der Waals surface area contributed by atoms with E-state index in [-0.39, 0.29) is 11.3 Å². The Hall–Kier alpha value is -1.51. The van der Waals surface area contributed by atoms with Crippen LogP contribution in [0, 0.1) is 17.2 Å². The van der Waals surface area contributed by atoms with Crippen molar-refractivity contribution in [1.29, 1.82) is 5.41 Å². The number of nitrogens with one attached hydrogen (secondary N) is 1. The highest BCUT2D eigenvalue weighted by Gasteiger charge is 2.22. The first-order valence-corrected chi connectivity index (χ1v) is 6.82. The van der Waals surface area contributed by atoms with E-state index in [4.69, 9.17) is 15.9 Å². The molecule has 19 heavy (non-hydrogen) atoms. The van der Waals surface area contributed by atoms with Crippen molar-refractivity contribution in [3.8, 4) is 5.75 Å². The Morgan fingerprint density at radius 3 is 2.47 bits per heavy atom. The summed E-state index contributed by atoms with van der Waals surface area (Å²) >= 11 is 0. The van der Waals surface area contributed by atoms with Gasteiger partial charge in [0.25, 0.3) is 0 Å². The molecule has 1 aromatic rings. The van der Waals surface area contributed by atoms with E-state index in [0.717, 1.165) is 25.0 Å². The zero-order valence-electron chi connectivity index (χ0n) is 12.2. The first-order chi connectivity index (χ1) is 8.99. The molecule has 1 aromatic carbocycles. The Labute approximate surface area is 116 Å². The summed E-state index contributed by atoms with van der Waals surface area (Å²) in [5.74, 6) is 1.16. The van der Waals surface area contributed by atoms with E-state index in [1.165, 1.54) is 5.56 Å². The van der Waals surface area contributed by atoms with Crippen LogP contribution in [0.1, 0.15) is 45.1 Å². The first kappa shape index (κ1) is 15.5. The van der Waals surface area contributed by atoms with Crippen molar-refractivity contribution in [3.05, 3.63) is 36.2 Å². The second-order valence-electron chi connectivity index (χ2n) is 5.30. The highest BCUT2D eigenvalue weighted by molar-refractivity contribution is 5.76. The molecule has 1 atom stereocenters. The van der Waals surface area contributed by atoms with Gasteiger partial charge in [0.2, 0.25) is 0 Å². The molecule has 0 fully saturated rings. The van der Waals surface area contributed by atoms with Crippen LogP contribution < -0.4 is 10.5 Å². The largest absolute Gasteiger partial charge is 0.497 e. The molecule has 0 spiro atoms. The van der Waals surface area contributed by atoms with E-state index in [1.807, 2.05) is 12.1 Å². The molecular weight excluding hydrogens is 236 g/mol. The normalized spacial score (nSPS) is 13.8. The molecule has 0 aliphatic rings. The van der Waals surface area contributed by atoms with Crippen molar-refractivity contribution < 1.29 is 4.74 Å².